The third kappa shape index (κ3) is 4.89. The summed E-state index contributed by atoms with van der Waals surface area (Å²) in [6, 6.07) is 15.5. The number of halogens is 1. The summed E-state index contributed by atoms with van der Waals surface area (Å²) in [6.45, 7) is 2.61. The molecule has 3 aromatic rings. The van der Waals surface area contributed by atoms with Gasteiger partial charge < -0.3 is 14.8 Å². The highest BCUT2D eigenvalue weighted by Gasteiger charge is 2.10. The minimum absolute atomic E-state index is 0.622. The molecule has 27 heavy (non-hydrogen) atoms. The quantitative estimate of drug-likeness (QED) is 0.636. The second kappa shape index (κ2) is 8.73. The molecule has 0 aliphatic rings. The van der Waals surface area contributed by atoms with Crippen molar-refractivity contribution in [1.29, 1.82) is 0 Å². The van der Waals surface area contributed by atoms with Crippen LogP contribution in [-0.2, 0) is 6.42 Å². The van der Waals surface area contributed by atoms with Gasteiger partial charge in [0.25, 0.3) is 0 Å². The zero-order valence-electron chi connectivity index (χ0n) is 15.6. The fourth-order valence-electron chi connectivity index (χ4n) is 2.79. The van der Waals surface area contributed by atoms with Gasteiger partial charge in [0.15, 0.2) is 0 Å². The highest BCUT2D eigenvalue weighted by Crippen LogP contribution is 2.31. The Labute approximate surface area is 164 Å². The van der Waals surface area contributed by atoms with Crippen LogP contribution in [-0.4, -0.2) is 30.7 Å². The number of anilines is 1. The zero-order chi connectivity index (χ0) is 19.2. The second-order valence-corrected chi connectivity index (χ2v) is 6.47. The first-order valence-corrected chi connectivity index (χ1v) is 9.03. The van der Waals surface area contributed by atoms with Crippen LogP contribution in [0.3, 0.4) is 0 Å². The van der Waals surface area contributed by atoms with Crippen LogP contribution >= 0.6 is 11.6 Å². The topological polar surface area (TPSA) is 56.3 Å². The Morgan fingerprint density at radius 1 is 0.963 bits per heavy atom. The molecule has 0 bridgehead atoms. The number of hydrogen-bond donors (Lipinski definition) is 1. The van der Waals surface area contributed by atoms with Gasteiger partial charge in [-0.1, -0.05) is 23.7 Å². The maximum atomic E-state index is 6.36. The lowest BCUT2D eigenvalue weighted by Gasteiger charge is -2.11. The summed E-state index contributed by atoms with van der Waals surface area (Å²) in [5.74, 6) is 3.04. The van der Waals surface area contributed by atoms with E-state index in [4.69, 9.17) is 21.1 Å². The largest absolute Gasteiger partial charge is 0.497 e. The number of benzene rings is 2. The van der Waals surface area contributed by atoms with Gasteiger partial charge in [0.05, 0.1) is 24.9 Å². The zero-order valence-corrected chi connectivity index (χ0v) is 16.4. The van der Waals surface area contributed by atoms with Crippen LogP contribution in [0.2, 0.25) is 5.02 Å². The molecule has 0 spiro atoms. The maximum absolute atomic E-state index is 6.36. The molecule has 1 N–H and O–H groups in total. The van der Waals surface area contributed by atoms with E-state index in [-0.39, 0.29) is 0 Å². The fraction of sp³-hybridized carbons (Fsp3) is 0.238. The SMILES string of the molecule is COc1cccc(CCNc2cc(-c3cc(OC)ccc3Cl)nc(C)n2)c1. The molecular weight excluding hydrogens is 362 g/mol. The molecule has 0 radical (unpaired) electrons. The Morgan fingerprint density at radius 2 is 1.74 bits per heavy atom. The highest BCUT2D eigenvalue weighted by molar-refractivity contribution is 6.33. The van der Waals surface area contributed by atoms with Crippen molar-refractivity contribution in [2.45, 2.75) is 13.3 Å². The molecule has 0 aliphatic carbocycles. The Balaban J connectivity index is 1.75. The number of methoxy groups -OCH3 is 2. The number of rotatable bonds is 7. The van der Waals surface area contributed by atoms with Crippen molar-refractivity contribution < 1.29 is 9.47 Å². The van der Waals surface area contributed by atoms with Crippen LogP contribution in [0.15, 0.2) is 48.5 Å². The van der Waals surface area contributed by atoms with Crippen molar-refractivity contribution in [2.24, 2.45) is 0 Å². The number of nitrogens with one attached hydrogen (secondary N) is 1. The van der Waals surface area contributed by atoms with Crippen molar-refractivity contribution in [3.8, 4) is 22.8 Å². The average Bonchev–Trinajstić information content (AvgIpc) is 2.68. The van der Waals surface area contributed by atoms with Crippen molar-refractivity contribution in [2.75, 3.05) is 26.1 Å². The lowest BCUT2D eigenvalue weighted by Crippen LogP contribution is -2.08. The van der Waals surface area contributed by atoms with Crippen LogP contribution in [0.1, 0.15) is 11.4 Å². The van der Waals surface area contributed by atoms with Crippen LogP contribution in [0.4, 0.5) is 5.82 Å². The van der Waals surface area contributed by atoms with Crippen LogP contribution < -0.4 is 14.8 Å². The Morgan fingerprint density at radius 3 is 2.52 bits per heavy atom. The van der Waals surface area contributed by atoms with E-state index in [1.54, 1.807) is 14.2 Å². The van der Waals surface area contributed by atoms with Crippen LogP contribution in [0.25, 0.3) is 11.3 Å². The summed E-state index contributed by atoms with van der Waals surface area (Å²) < 4.78 is 10.6. The molecular formula is C21H22ClN3O2. The normalized spacial score (nSPS) is 10.5. The smallest absolute Gasteiger partial charge is 0.130 e. The molecule has 0 fully saturated rings. The monoisotopic (exact) mass is 383 g/mol. The minimum atomic E-state index is 0.622. The first-order valence-electron chi connectivity index (χ1n) is 8.65. The Hall–Kier alpha value is -2.79. The molecule has 0 saturated heterocycles. The first-order chi connectivity index (χ1) is 13.1. The van der Waals surface area contributed by atoms with Gasteiger partial charge >= 0.3 is 0 Å². The number of aryl methyl sites for hydroxylation is 1. The summed E-state index contributed by atoms with van der Waals surface area (Å²) in [6.07, 6.45) is 0.857. The Kier molecular flexibility index (Phi) is 6.14. The number of ether oxygens (including phenoxy) is 2. The van der Waals surface area contributed by atoms with Crippen molar-refractivity contribution >= 4 is 17.4 Å². The molecule has 0 amide bonds. The number of aromatic nitrogens is 2. The summed E-state index contributed by atoms with van der Waals surface area (Å²) in [5.41, 5.74) is 2.77. The van der Waals surface area contributed by atoms with E-state index < -0.39 is 0 Å². The van der Waals surface area contributed by atoms with E-state index in [1.807, 2.05) is 49.4 Å². The lowest BCUT2D eigenvalue weighted by molar-refractivity contribution is 0.414. The molecule has 5 nitrogen and oxygen atoms in total. The van der Waals surface area contributed by atoms with Crippen molar-refractivity contribution in [3.05, 3.63) is 64.9 Å². The maximum Gasteiger partial charge on any atom is 0.130 e. The molecule has 0 atom stereocenters. The molecule has 140 valence electrons. The van der Waals surface area contributed by atoms with Crippen molar-refractivity contribution in [3.63, 3.8) is 0 Å². The number of hydrogen-bond acceptors (Lipinski definition) is 5. The second-order valence-electron chi connectivity index (χ2n) is 6.06. The average molecular weight is 384 g/mol. The first kappa shape index (κ1) is 19.0. The van der Waals surface area contributed by atoms with Gasteiger partial charge in [0, 0.05) is 18.2 Å². The standard InChI is InChI=1S/C21H22ClN3O2/c1-14-24-20(18-12-17(27-3)7-8-19(18)22)13-21(25-14)23-10-9-15-5-4-6-16(11-15)26-2/h4-8,11-13H,9-10H2,1-3H3,(H,23,24,25). The third-order valence-corrected chi connectivity index (χ3v) is 4.47. The van der Waals surface area contributed by atoms with E-state index >= 15 is 0 Å². The predicted molar refractivity (Wildman–Crippen MR) is 109 cm³/mol. The molecule has 2 aromatic carbocycles. The van der Waals surface area contributed by atoms with Gasteiger partial charge in [-0.3, -0.25) is 0 Å². The minimum Gasteiger partial charge on any atom is -0.497 e. The van der Waals surface area contributed by atoms with Gasteiger partial charge in [0.1, 0.15) is 23.1 Å². The van der Waals surface area contributed by atoms with Gasteiger partial charge in [-0.15, -0.1) is 0 Å². The fourth-order valence-corrected chi connectivity index (χ4v) is 3.00. The lowest BCUT2D eigenvalue weighted by atomic mass is 10.1. The number of nitrogens with zero attached hydrogens (tertiary/aromatic N) is 2. The van der Waals surface area contributed by atoms with Gasteiger partial charge in [-0.2, -0.15) is 0 Å². The molecule has 0 saturated carbocycles. The molecule has 3 rings (SSSR count). The van der Waals surface area contributed by atoms with E-state index in [0.29, 0.717) is 10.8 Å². The van der Waals surface area contributed by atoms with Crippen LogP contribution in [0.5, 0.6) is 11.5 Å². The van der Waals surface area contributed by atoms with Crippen molar-refractivity contribution in [1.82, 2.24) is 9.97 Å². The predicted octanol–water partition coefficient (Wildman–Crippen LogP) is 4.78. The van der Waals surface area contributed by atoms with Gasteiger partial charge in [-0.25, -0.2) is 9.97 Å². The molecule has 0 aliphatic heterocycles. The van der Waals surface area contributed by atoms with E-state index in [1.165, 1.54) is 5.56 Å². The third-order valence-electron chi connectivity index (χ3n) is 4.14. The molecule has 6 heteroatoms. The molecule has 1 heterocycles. The Bertz CT molecular complexity index is 931. The van der Waals surface area contributed by atoms with Gasteiger partial charge in [-0.05, 0) is 49.2 Å². The van der Waals surface area contributed by atoms with Crippen LogP contribution in [0, 0.1) is 6.92 Å². The molecule has 1 aromatic heterocycles. The van der Waals surface area contributed by atoms with Gasteiger partial charge in [0.2, 0.25) is 0 Å². The van der Waals surface area contributed by atoms with E-state index in [9.17, 15) is 0 Å². The van der Waals surface area contributed by atoms with E-state index in [0.717, 1.165) is 41.5 Å². The molecule has 0 unspecified atom stereocenters. The summed E-state index contributed by atoms with van der Waals surface area (Å²) in [5, 5.41) is 3.98. The highest BCUT2D eigenvalue weighted by atomic mass is 35.5. The summed E-state index contributed by atoms with van der Waals surface area (Å²) in [7, 11) is 3.30. The van der Waals surface area contributed by atoms with E-state index in [2.05, 4.69) is 21.4 Å². The summed E-state index contributed by atoms with van der Waals surface area (Å²) in [4.78, 5) is 9.00. The summed E-state index contributed by atoms with van der Waals surface area (Å²) >= 11 is 6.36.